The fourth-order valence-electron chi connectivity index (χ4n) is 2.12. The Morgan fingerprint density at radius 1 is 1.16 bits per heavy atom. The van der Waals surface area contributed by atoms with E-state index in [0.29, 0.717) is 19.1 Å². The number of hydrogen-bond donors (Lipinski definition) is 1. The van der Waals surface area contributed by atoms with Crippen molar-refractivity contribution in [2.75, 3.05) is 13.2 Å². The zero-order valence-corrected chi connectivity index (χ0v) is 12.1. The fourth-order valence-corrected chi connectivity index (χ4v) is 2.12. The third-order valence-corrected chi connectivity index (χ3v) is 2.81. The van der Waals surface area contributed by atoms with E-state index in [1.165, 1.54) is 0 Å². The van der Waals surface area contributed by atoms with Gasteiger partial charge in [-0.2, -0.15) is 0 Å². The van der Waals surface area contributed by atoms with Crippen molar-refractivity contribution in [1.29, 1.82) is 0 Å². The number of fused-ring (bicyclic) bond motifs is 1. The predicted octanol–water partition coefficient (Wildman–Crippen LogP) is 3.56. The van der Waals surface area contributed by atoms with Crippen LogP contribution in [0, 0.1) is 5.92 Å². The van der Waals surface area contributed by atoms with Gasteiger partial charge in [0.15, 0.2) is 11.5 Å². The summed E-state index contributed by atoms with van der Waals surface area (Å²) in [7, 11) is 0. The van der Waals surface area contributed by atoms with E-state index in [-0.39, 0.29) is 0 Å². The monoisotopic (exact) mass is 262 g/mol. The Morgan fingerprint density at radius 3 is 2.53 bits per heavy atom. The molecule has 104 valence electrons. The molecule has 0 aliphatic carbocycles. The molecule has 4 heteroatoms. The topological polar surface area (TPSA) is 47.1 Å². The van der Waals surface area contributed by atoms with Crippen molar-refractivity contribution in [3.8, 4) is 11.5 Å². The van der Waals surface area contributed by atoms with Crippen LogP contribution in [0.25, 0.3) is 11.0 Å². The molecule has 0 saturated carbocycles. The zero-order valence-electron chi connectivity index (χ0n) is 12.1. The quantitative estimate of drug-likeness (QED) is 0.866. The third-order valence-electron chi connectivity index (χ3n) is 2.81. The minimum atomic E-state index is 0.572. The Balaban J connectivity index is 2.47. The van der Waals surface area contributed by atoms with Gasteiger partial charge in [-0.15, -0.1) is 0 Å². The van der Waals surface area contributed by atoms with Crippen molar-refractivity contribution in [2.24, 2.45) is 5.92 Å². The number of H-pyrrole nitrogens is 1. The first-order valence-electron chi connectivity index (χ1n) is 6.92. The zero-order chi connectivity index (χ0) is 13.8. The molecule has 1 N–H and O–H groups in total. The van der Waals surface area contributed by atoms with Crippen LogP contribution in [0.3, 0.4) is 0 Å². The molecule has 0 bridgehead atoms. The van der Waals surface area contributed by atoms with Gasteiger partial charge in [0, 0.05) is 6.42 Å². The molecule has 0 fully saturated rings. The van der Waals surface area contributed by atoms with Gasteiger partial charge in [0.25, 0.3) is 0 Å². The van der Waals surface area contributed by atoms with Gasteiger partial charge in [-0.25, -0.2) is 4.98 Å². The van der Waals surface area contributed by atoms with Crippen LogP contribution < -0.4 is 9.47 Å². The number of rotatable bonds is 6. The molecule has 0 amide bonds. The second-order valence-corrected chi connectivity index (χ2v) is 4.94. The summed E-state index contributed by atoms with van der Waals surface area (Å²) in [5.41, 5.74) is 1.87. The van der Waals surface area contributed by atoms with Gasteiger partial charge in [0.2, 0.25) is 0 Å². The molecule has 0 unspecified atom stereocenters. The molecule has 4 nitrogen and oxygen atoms in total. The summed E-state index contributed by atoms with van der Waals surface area (Å²) in [5.74, 6) is 3.08. The summed E-state index contributed by atoms with van der Waals surface area (Å²) in [4.78, 5) is 8.00. The molecule has 2 rings (SSSR count). The van der Waals surface area contributed by atoms with Gasteiger partial charge in [0.1, 0.15) is 11.3 Å². The predicted molar refractivity (Wildman–Crippen MR) is 77.0 cm³/mol. The van der Waals surface area contributed by atoms with Crippen molar-refractivity contribution in [3.05, 3.63) is 18.0 Å². The maximum Gasteiger partial charge on any atom is 0.189 e. The average molecular weight is 262 g/mol. The summed E-state index contributed by atoms with van der Waals surface area (Å²) in [6.45, 7) is 9.52. The van der Waals surface area contributed by atoms with Crippen molar-refractivity contribution in [1.82, 2.24) is 9.97 Å². The first-order chi connectivity index (χ1) is 9.15. The van der Waals surface area contributed by atoms with Crippen LogP contribution in [0.15, 0.2) is 12.1 Å². The van der Waals surface area contributed by atoms with Gasteiger partial charge in [-0.05, 0) is 31.9 Å². The molecule has 1 heterocycles. The number of ether oxygens (including phenoxy) is 2. The Bertz CT molecular complexity index is 546. The average Bonchev–Trinajstić information content (AvgIpc) is 2.74. The van der Waals surface area contributed by atoms with Crippen LogP contribution in [0.4, 0.5) is 0 Å². The van der Waals surface area contributed by atoms with Gasteiger partial charge in [-0.3, -0.25) is 0 Å². The van der Waals surface area contributed by atoms with Gasteiger partial charge >= 0.3 is 0 Å². The van der Waals surface area contributed by atoms with Crippen LogP contribution in [0.1, 0.15) is 33.5 Å². The van der Waals surface area contributed by atoms with Crippen molar-refractivity contribution in [2.45, 2.75) is 34.1 Å². The molecule has 1 aromatic carbocycles. The Morgan fingerprint density at radius 2 is 1.89 bits per heavy atom. The van der Waals surface area contributed by atoms with Crippen LogP contribution in [-0.4, -0.2) is 23.2 Å². The minimum Gasteiger partial charge on any atom is -0.490 e. The lowest BCUT2D eigenvalue weighted by Crippen LogP contribution is -1.99. The number of aromatic nitrogens is 2. The number of imidazole rings is 1. The first kappa shape index (κ1) is 13.7. The Labute approximate surface area is 114 Å². The van der Waals surface area contributed by atoms with E-state index in [2.05, 4.69) is 23.8 Å². The van der Waals surface area contributed by atoms with E-state index in [4.69, 9.17) is 9.47 Å². The highest BCUT2D eigenvalue weighted by Crippen LogP contribution is 2.34. The van der Waals surface area contributed by atoms with Crippen LogP contribution in [-0.2, 0) is 6.42 Å². The molecular weight excluding hydrogens is 240 g/mol. The van der Waals surface area contributed by atoms with E-state index in [9.17, 15) is 0 Å². The molecule has 0 spiro atoms. The molecule has 0 aliphatic rings. The smallest absolute Gasteiger partial charge is 0.189 e. The Hall–Kier alpha value is -1.71. The summed E-state index contributed by atoms with van der Waals surface area (Å²) in [6, 6.07) is 3.94. The maximum absolute atomic E-state index is 5.71. The summed E-state index contributed by atoms with van der Waals surface area (Å²) in [6.07, 6.45) is 0.935. The second-order valence-electron chi connectivity index (χ2n) is 4.94. The molecule has 0 aliphatic heterocycles. The lowest BCUT2D eigenvalue weighted by molar-refractivity contribution is 0.290. The highest BCUT2D eigenvalue weighted by molar-refractivity contribution is 5.84. The van der Waals surface area contributed by atoms with Crippen LogP contribution >= 0.6 is 0 Å². The number of benzene rings is 1. The van der Waals surface area contributed by atoms with Gasteiger partial charge in [-0.1, -0.05) is 13.8 Å². The molecule has 0 radical (unpaired) electrons. The minimum absolute atomic E-state index is 0.572. The first-order valence-corrected chi connectivity index (χ1v) is 6.92. The number of nitrogens with zero attached hydrogens (tertiary/aromatic N) is 1. The normalized spacial score (nSPS) is 11.2. The molecule has 19 heavy (non-hydrogen) atoms. The van der Waals surface area contributed by atoms with Gasteiger partial charge < -0.3 is 14.5 Å². The fraction of sp³-hybridized carbons (Fsp3) is 0.533. The van der Waals surface area contributed by atoms with E-state index in [1.54, 1.807) is 0 Å². The summed E-state index contributed by atoms with van der Waals surface area (Å²) >= 11 is 0. The van der Waals surface area contributed by atoms with Crippen molar-refractivity contribution in [3.63, 3.8) is 0 Å². The van der Waals surface area contributed by atoms with Crippen molar-refractivity contribution < 1.29 is 9.47 Å². The van der Waals surface area contributed by atoms with Crippen LogP contribution in [0.5, 0.6) is 11.5 Å². The van der Waals surface area contributed by atoms with Gasteiger partial charge in [0.05, 0.1) is 18.7 Å². The third kappa shape index (κ3) is 3.00. The maximum atomic E-state index is 5.71. The van der Waals surface area contributed by atoms with E-state index in [1.807, 2.05) is 26.0 Å². The van der Waals surface area contributed by atoms with E-state index >= 15 is 0 Å². The largest absolute Gasteiger partial charge is 0.490 e. The summed E-state index contributed by atoms with van der Waals surface area (Å²) in [5, 5.41) is 0. The van der Waals surface area contributed by atoms with Crippen LogP contribution in [0.2, 0.25) is 0 Å². The van der Waals surface area contributed by atoms with E-state index in [0.717, 1.165) is 34.8 Å². The number of hydrogen-bond acceptors (Lipinski definition) is 3. The highest BCUT2D eigenvalue weighted by Gasteiger charge is 2.14. The number of aromatic amines is 1. The molecular formula is C15H22N2O2. The standard InChI is InChI=1S/C15H22N2O2/c1-5-18-12-8-7-11-14(15(12)19-6-2)17-13(16-11)9-10(3)4/h7-8,10H,5-6,9H2,1-4H3,(H,16,17). The molecule has 1 aromatic heterocycles. The highest BCUT2D eigenvalue weighted by atomic mass is 16.5. The number of nitrogens with one attached hydrogen (secondary N) is 1. The molecule has 0 atom stereocenters. The molecule has 0 saturated heterocycles. The second kappa shape index (κ2) is 5.95. The van der Waals surface area contributed by atoms with E-state index < -0.39 is 0 Å². The summed E-state index contributed by atoms with van der Waals surface area (Å²) < 4.78 is 11.3. The molecule has 2 aromatic rings. The lowest BCUT2D eigenvalue weighted by atomic mass is 10.1. The lowest BCUT2D eigenvalue weighted by Gasteiger charge is -2.10. The van der Waals surface area contributed by atoms with Crippen molar-refractivity contribution >= 4 is 11.0 Å². The SMILES string of the molecule is CCOc1ccc2[nH]c(CC(C)C)nc2c1OCC. The Kier molecular flexibility index (Phi) is 4.30.